The summed E-state index contributed by atoms with van der Waals surface area (Å²) in [6.45, 7) is 0. The van der Waals surface area contributed by atoms with Gasteiger partial charge in [-0.05, 0) is 17.7 Å². The molecule has 26 heavy (non-hydrogen) atoms. The van der Waals surface area contributed by atoms with Crippen LogP contribution in [0.3, 0.4) is 0 Å². The Morgan fingerprint density at radius 3 is 2.62 bits per heavy atom. The number of rotatable bonds is 5. The van der Waals surface area contributed by atoms with Crippen molar-refractivity contribution in [3.05, 3.63) is 82.1 Å². The summed E-state index contributed by atoms with van der Waals surface area (Å²) in [4.78, 5) is 12.6. The minimum atomic E-state index is -4.27. The largest absolute Gasteiger partial charge is 0.460 e. The Labute approximate surface area is 155 Å². The fraction of sp³-hybridized carbons (Fsp3) is 0.118. The molecule has 0 saturated heterocycles. The smallest absolute Gasteiger partial charge is 0.313 e. The van der Waals surface area contributed by atoms with Gasteiger partial charge in [-0.15, -0.1) is 0 Å². The highest BCUT2D eigenvalue weighted by atomic mass is 35.5. The van der Waals surface area contributed by atoms with E-state index in [1.165, 1.54) is 6.07 Å². The summed E-state index contributed by atoms with van der Waals surface area (Å²) in [7, 11) is -4.27. The molecule has 9 heteroatoms. The maximum absolute atomic E-state index is 14.1. The maximum atomic E-state index is 14.1. The first kappa shape index (κ1) is 16.9. The van der Waals surface area contributed by atoms with Crippen LogP contribution in [0.4, 0.5) is 4.39 Å². The average molecular weight is 399 g/mol. The molecular formula is C17H13ClFNO5S. The number of hydrogen-bond acceptors (Lipinski definition) is 6. The topological polar surface area (TPSA) is 95.7 Å². The molecule has 3 rings (SSSR count). The lowest BCUT2D eigenvalue weighted by atomic mass is 10.1. The van der Waals surface area contributed by atoms with Gasteiger partial charge < -0.3 is 14.7 Å². The Bertz CT molecular complexity index is 1040. The van der Waals surface area contributed by atoms with Crippen LogP contribution in [0.1, 0.15) is 18.6 Å². The summed E-state index contributed by atoms with van der Waals surface area (Å²) in [6.07, 6.45) is -2.61. The van der Waals surface area contributed by atoms with Crippen LogP contribution in [-0.2, 0) is 29.6 Å². The Morgan fingerprint density at radius 2 is 1.96 bits per heavy atom. The Morgan fingerprint density at radius 1 is 1.27 bits per heavy atom. The number of nitrogens with two attached hydrogens (primary N) is 1. The zero-order valence-corrected chi connectivity index (χ0v) is 14.7. The van der Waals surface area contributed by atoms with Gasteiger partial charge in [0.2, 0.25) is 17.4 Å². The lowest BCUT2D eigenvalue weighted by molar-refractivity contribution is -0.123. The number of halogens is 2. The average Bonchev–Trinajstić information content (AvgIpc) is 2.79. The van der Waals surface area contributed by atoms with E-state index >= 15 is 0 Å². The van der Waals surface area contributed by atoms with E-state index in [0.29, 0.717) is 5.56 Å². The zero-order chi connectivity index (χ0) is 19.8. The molecule has 1 aliphatic rings. The van der Waals surface area contributed by atoms with Gasteiger partial charge in [0, 0.05) is 10.6 Å². The number of carbonyl (C=O) groups is 1. The lowest BCUT2D eigenvalue weighted by Gasteiger charge is -2.11. The van der Waals surface area contributed by atoms with Gasteiger partial charge in [0.05, 0.1) is 1.37 Å². The summed E-state index contributed by atoms with van der Waals surface area (Å²) in [5.74, 6) is -4.33. The zero-order valence-electron chi connectivity index (χ0n) is 14.1. The molecule has 136 valence electrons. The maximum Gasteiger partial charge on any atom is 0.313 e. The SMILES string of the molecule is [2H]C1(c2ccc(Cl)cc2F)OC(N)=C(OS(=O)(=O)Cc2ccccc2)C1=O. The van der Waals surface area contributed by atoms with Crippen molar-refractivity contribution >= 4 is 27.5 Å². The van der Waals surface area contributed by atoms with Gasteiger partial charge in [0.1, 0.15) is 11.6 Å². The molecule has 6 nitrogen and oxygen atoms in total. The van der Waals surface area contributed by atoms with E-state index in [0.717, 1.165) is 12.1 Å². The summed E-state index contributed by atoms with van der Waals surface area (Å²) in [5, 5.41) is 0.0492. The van der Waals surface area contributed by atoms with Crippen molar-refractivity contribution in [1.29, 1.82) is 0 Å². The molecule has 1 unspecified atom stereocenters. The number of ether oxygens (including phenoxy) is 1. The molecule has 1 atom stereocenters. The second-order valence-electron chi connectivity index (χ2n) is 5.35. The van der Waals surface area contributed by atoms with Gasteiger partial charge in [-0.1, -0.05) is 48.0 Å². The van der Waals surface area contributed by atoms with Crippen LogP contribution < -0.4 is 5.73 Å². The van der Waals surface area contributed by atoms with E-state index in [2.05, 4.69) is 0 Å². The molecule has 0 aliphatic carbocycles. The van der Waals surface area contributed by atoms with Crippen LogP contribution >= 0.6 is 11.6 Å². The fourth-order valence-electron chi connectivity index (χ4n) is 2.28. The predicted octanol–water partition coefficient (Wildman–Crippen LogP) is 2.79. The molecule has 0 aromatic heterocycles. The van der Waals surface area contributed by atoms with E-state index in [1.807, 2.05) is 0 Å². The van der Waals surface area contributed by atoms with Crippen molar-refractivity contribution < 1.29 is 27.9 Å². The van der Waals surface area contributed by atoms with Crippen molar-refractivity contribution in [2.45, 2.75) is 11.8 Å². The van der Waals surface area contributed by atoms with Crippen LogP contribution in [0.15, 0.2) is 60.2 Å². The van der Waals surface area contributed by atoms with E-state index < -0.39 is 50.8 Å². The van der Waals surface area contributed by atoms with Crippen molar-refractivity contribution in [3.63, 3.8) is 0 Å². The first-order valence-electron chi connectivity index (χ1n) is 7.77. The first-order chi connectivity index (χ1) is 12.6. The molecule has 0 spiro atoms. The van der Waals surface area contributed by atoms with Crippen LogP contribution in [0.5, 0.6) is 0 Å². The quantitative estimate of drug-likeness (QED) is 0.778. The highest BCUT2D eigenvalue weighted by Crippen LogP contribution is 2.34. The van der Waals surface area contributed by atoms with E-state index in [4.69, 9.17) is 27.6 Å². The molecule has 1 heterocycles. The Balaban J connectivity index is 1.87. The summed E-state index contributed by atoms with van der Waals surface area (Å²) in [5.41, 5.74) is 5.49. The minimum absolute atomic E-state index is 0.0492. The van der Waals surface area contributed by atoms with Gasteiger partial charge in [-0.2, -0.15) is 8.42 Å². The highest BCUT2D eigenvalue weighted by Gasteiger charge is 2.40. The van der Waals surface area contributed by atoms with Crippen LogP contribution in [0.2, 0.25) is 5.02 Å². The van der Waals surface area contributed by atoms with Gasteiger partial charge >= 0.3 is 10.1 Å². The molecule has 0 saturated carbocycles. The van der Waals surface area contributed by atoms with E-state index in [-0.39, 0.29) is 5.02 Å². The second kappa shape index (κ2) is 6.97. The van der Waals surface area contributed by atoms with E-state index in [9.17, 15) is 17.6 Å². The molecule has 2 aromatic rings. The number of ketones is 1. The summed E-state index contributed by atoms with van der Waals surface area (Å²) < 4.78 is 56.6. The number of carbonyl (C=O) groups excluding carboxylic acids is 1. The Kier molecular flexibility index (Phi) is 4.52. The van der Waals surface area contributed by atoms with Crippen LogP contribution in [-0.4, -0.2) is 14.2 Å². The normalized spacial score (nSPS) is 20.7. The van der Waals surface area contributed by atoms with E-state index in [1.54, 1.807) is 30.3 Å². The number of benzene rings is 2. The summed E-state index contributed by atoms with van der Waals surface area (Å²) >= 11 is 5.66. The van der Waals surface area contributed by atoms with Gasteiger partial charge in [-0.3, -0.25) is 4.79 Å². The standard InChI is InChI=1S/C17H13ClFNO5S/c18-11-6-7-12(13(19)8-11)15-14(21)16(17(20)24-15)25-26(22,23)9-10-4-2-1-3-5-10/h1-8,15H,9,20H2/i15D. The first-order valence-corrected chi connectivity index (χ1v) is 9.23. The Hall–Kier alpha value is -2.58. The molecular weight excluding hydrogens is 385 g/mol. The van der Waals surface area contributed by atoms with Crippen molar-refractivity contribution in [1.82, 2.24) is 0 Å². The second-order valence-corrected chi connectivity index (χ2v) is 7.36. The molecule has 0 amide bonds. The van der Waals surface area contributed by atoms with Crippen molar-refractivity contribution in [3.8, 4) is 0 Å². The van der Waals surface area contributed by atoms with Gasteiger partial charge in [0.15, 0.2) is 6.08 Å². The van der Waals surface area contributed by atoms with Crippen molar-refractivity contribution in [2.75, 3.05) is 0 Å². The fourth-order valence-corrected chi connectivity index (χ4v) is 3.51. The molecule has 2 N–H and O–H groups in total. The van der Waals surface area contributed by atoms with Gasteiger partial charge in [0.25, 0.3) is 0 Å². The minimum Gasteiger partial charge on any atom is -0.460 e. The van der Waals surface area contributed by atoms with Crippen LogP contribution in [0, 0.1) is 5.82 Å². The molecule has 0 bridgehead atoms. The predicted molar refractivity (Wildman–Crippen MR) is 91.6 cm³/mol. The lowest BCUT2D eigenvalue weighted by Crippen LogP contribution is -2.16. The molecule has 1 aliphatic heterocycles. The third-order valence-electron chi connectivity index (χ3n) is 3.42. The monoisotopic (exact) mass is 398 g/mol. The number of hydrogen-bond donors (Lipinski definition) is 1. The molecule has 0 radical (unpaired) electrons. The van der Waals surface area contributed by atoms with Crippen molar-refractivity contribution in [2.24, 2.45) is 5.73 Å². The number of Topliss-reactive ketones (excluding diaryl/α,β-unsaturated/α-hetero) is 1. The molecule has 0 fully saturated rings. The highest BCUT2D eigenvalue weighted by molar-refractivity contribution is 7.86. The summed E-state index contributed by atoms with van der Waals surface area (Å²) in [6, 6.07) is 11.3. The third-order valence-corrected chi connectivity index (χ3v) is 4.76. The third kappa shape index (κ3) is 3.81. The van der Waals surface area contributed by atoms with Crippen LogP contribution in [0.25, 0.3) is 0 Å². The van der Waals surface area contributed by atoms with Gasteiger partial charge in [-0.25, -0.2) is 4.39 Å². The molecule has 2 aromatic carbocycles.